The number of hydrogen-bond donors (Lipinski definition) is 2. The molecule has 0 bridgehead atoms. The normalized spacial score (nSPS) is 11.8. The molecule has 2 amide bonds. The SMILES string of the molecule is C[C@@H](NC(=O)Nc1cn(C)nc1-c1ccccc1)c1ccccc1. The molecule has 1 aromatic heterocycles. The Hall–Kier alpha value is -3.08. The number of anilines is 1. The molecule has 122 valence electrons. The molecule has 0 fully saturated rings. The number of urea groups is 1. The van der Waals surface area contributed by atoms with E-state index in [9.17, 15) is 4.79 Å². The van der Waals surface area contributed by atoms with Crippen LogP contribution in [0.1, 0.15) is 18.5 Å². The molecule has 3 aromatic rings. The Morgan fingerprint density at radius 2 is 1.67 bits per heavy atom. The van der Waals surface area contributed by atoms with Crippen molar-refractivity contribution in [2.75, 3.05) is 5.32 Å². The summed E-state index contributed by atoms with van der Waals surface area (Å²) in [6, 6.07) is 19.3. The minimum Gasteiger partial charge on any atom is -0.331 e. The summed E-state index contributed by atoms with van der Waals surface area (Å²) in [5, 5.41) is 10.3. The summed E-state index contributed by atoms with van der Waals surface area (Å²) in [4.78, 5) is 12.3. The second-order valence-electron chi connectivity index (χ2n) is 5.66. The standard InChI is InChI=1S/C19H20N4O/c1-14(15-9-5-3-6-10-15)20-19(24)21-17-13-23(2)22-18(17)16-11-7-4-8-12-16/h3-14H,1-2H3,(H2,20,21,24)/t14-/m1/s1. The van der Waals surface area contributed by atoms with Crippen LogP contribution < -0.4 is 10.6 Å². The molecular formula is C19H20N4O. The maximum atomic E-state index is 12.3. The van der Waals surface area contributed by atoms with Crippen LogP contribution in [-0.2, 0) is 7.05 Å². The zero-order valence-corrected chi connectivity index (χ0v) is 13.7. The predicted molar refractivity (Wildman–Crippen MR) is 95.7 cm³/mol. The van der Waals surface area contributed by atoms with Crippen molar-refractivity contribution in [3.63, 3.8) is 0 Å². The quantitative estimate of drug-likeness (QED) is 0.764. The highest BCUT2D eigenvalue weighted by Crippen LogP contribution is 2.26. The van der Waals surface area contributed by atoms with Crippen molar-refractivity contribution < 1.29 is 4.79 Å². The topological polar surface area (TPSA) is 59.0 Å². The molecule has 2 aromatic carbocycles. The first-order chi connectivity index (χ1) is 11.6. The molecular weight excluding hydrogens is 300 g/mol. The number of aryl methyl sites for hydroxylation is 1. The van der Waals surface area contributed by atoms with Crippen LogP contribution in [0.3, 0.4) is 0 Å². The molecule has 0 saturated carbocycles. The van der Waals surface area contributed by atoms with Crippen LogP contribution in [0.5, 0.6) is 0 Å². The van der Waals surface area contributed by atoms with Gasteiger partial charge in [-0.3, -0.25) is 4.68 Å². The molecule has 3 rings (SSSR count). The summed E-state index contributed by atoms with van der Waals surface area (Å²) in [7, 11) is 1.84. The Morgan fingerprint density at radius 1 is 1.04 bits per heavy atom. The summed E-state index contributed by atoms with van der Waals surface area (Å²) in [5.41, 5.74) is 3.45. The molecule has 1 atom stereocenters. The Balaban J connectivity index is 1.73. The highest BCUT2D eigenvalue weighted by molar-refractivity contribution is 5.93. The fourth-order valence-electron chi connectivity index (χ4n) is 2.57. The van der Waals surface area contributed by atoms with Gasteiger partial charge >= 0.3 is 6.03 Å². The van der Waals surface area contributed by atoms with E-state index in [2.05, 4.69) is 15.7 Å². The smallest absolute Gasteiger partial charge is 0.319 e. The minimum atomic E-state index is -0.253. The van der Waals surface area contributed by atoms with Gasteiger partial charge in [0.2, 0.25) is 0 Å². The lowest BCUT2D eigenvalue weighted by Crippen LogP contribution is -2.31. The molecule has 2 N–H and O–H groups in total. The summed E-state index contributed by atoms with van der Waals surface area (Å²) in [5.74, 6) is 0. The van der Waals surface area contributed by atoms with Crippen LogP contribution in [0.4, 0.5) is 10.5 Å². The summed E-state index contributed by atoms with van der Waals surface area (Å²) >= 11 is 0. The van der Waals surface area contributed by atoms with Crippen molar-refractivity contribution in [3.8, 4) is 11.3 Å². The third kappa shape index (κ3) is 3.63. The van der Waals surface area contributed by atoms with Gasteiger partial charge in [-0.1, -0.05) is 60.7 Å². The number of hydrogen-bond acceptors (Lipinski definition) is 2. The zero-order chi connectivity index (χ0) is 16.9. The maximum Gasteiger partial charge on any atom is 0.319 e. The largest absolute Gasteiger partial charge is 0.331 e. The first kappa shape index (κ1) is 15.8. The molecule has 5 heteroatoms. The van der Waals surface area contributed by atoms with Gasteiger partial charge in [-0.15, -0.1) is 0 Å². The first-order valence-corrected chi connectivity index (χ1v) is 7.85. The van der Waals surface area contributed by atoms with Gasteiger partial charge in [-0.25, -0.2) is 4.79 Å². The second kappa shape index (κ2) is 7.00. The Labute approximate surface area is 141 Å². The lowest BCUT2D eigenvalue weighted by atomic mass is 10.1. The average molecular weight is 320 g/mol. The summed E-state index contributed by atoms with van der Waals surface area (Å²) in [6.45, 7) is 1.95. The lowest BCUT2D eigenvalue weighted by molar-refractivity contribution is 0.249. The summed E-state index contributed by atoms with van der Waals surface area (Å²) < 4.78 is 1.69. The van der Waals surface area contributed by atoms with Gasteiger partial charge in [0, 0.05) is 18.8 Å². The number of nitrogens with zero attached hydrogens (tertiary/aromatic N) is 2. The molecule has 0 saturated heterocycles. The van der Waals surface area contributed by atoms with E-state index in [4.69, 9.17) is 0 Å². The van der Waals surface area contributed by atoms with Crippen molar-refractivity contribution >= 4 is 11.7 Å². The van der Waals surface area contributed by atoms with Gasteiger partial charge in [-0.2, -0.15) is 5.10 Å². The van der Waals surface area contributed by atoms with Crippen LogP contribution in [0.15, 0.2) is 66.9 Å². The van der Waals surface area contributed by atoms with Gasteiger partial charge in [0.1, 0.15) is 5.69 Å². The first-order valence-electron chi connectivity index (χ1n) is 7.85. The number of carbonyl (C=O) groups is 1. The Kier molecular flexibility index (Phi) is 4.61. The fourth-order valence-corrected chi connectivity index (χ4v) is 2.57. The second-order valence-corrected chi connectivity index (χ2v) is 5.66. The molecule has 0 radical (unpaired) electrons. The summed E-state index contributed by atoms with van der Waals surface area (Å²) in [6.07, 6.45) is 1.80. The monoisotopic (exact) mass is 320 g/mol. The van der Waals surface area contributed by atoms with Gasteiger partial charge < -0.3 is 10.6 Å². The number of aromatic nitrogens is 2. The van der Waals surface area contributed by atoms with E-state index >= 15 is 0 Å². The molecule has 1 heterocycles. The van der Waals surface area contributed by atoms with Crippen LogP contribution in [-0.4, -0.2) is 15.8 Å². The van der Waals surface area contributed by atoms with Gasteiger partial charge in [0.15, 0.2) is 0 Å². The van der Waals surface area contributed by atoms with E-state index in [1.54, 1.807) is 10.9 Å². The average Bonchev–Trinajstić information content (AvgIpc) is 2.96. The molecule has 5 nitrogen and oxygen atoms in total. The van der Waals surface area contributed by atoms with Gasteiger partial charge in [0.25, 0.3) is 0 Å². The van der Waals surface area contributed by atoms with E-state index in [0.29, 0.717) is 5.69 Å². The highest BCUT2D eigenvalue weighted by atomic mass is 16.2. The minimum absolute atomic E-state index is 0.0805. The number of benzene rings is 2. The molecule has 24 heavy (non-hydrogen) atoms. The molecule has 0 aliphatic carbocycles. The third-order valence-electron chi connectivity index (χ3n) is 3.77. The van der Waals surface area contributed by atoms with Gasteiger partial charge in [0.05, 0.1) is 11.7 Å². The van der Waals surface area contributed by atoms with E-state index in [1.165, 1.54) is 0 Å². The van der Waals surface area contributed by atoms with E-state index < -0.39 is 0 Å². The number of carbonyl (C=O) groups excluding carboxylic acids is 1. The van der Waals surface area contributed by atoms with Crippen molar-refractivity contribution in [3.05, 3.63) is 72.4 Å². The molecule has 0 spiro atoms. The van der Waals surface area contributed by atoms with Crippen LogP contribution in [0.25, 0.3) is 11.3 Å². The number of amides is 2. The fraction of sp³-hybridized carbons (Fsp3) is 0.158. The highest BCUT2D eigenvalue weighted by Gasteiger charge is 2.14. The van der Waals surface area contributed by atoms with Crippen molar-refractivity contribution in [1.29, 1.82) is 0 Å². The third-order valence-corrected chi connectivity index (χ3v) is 3.77. The predicted octanol–water partition coefficient (Wildman–Crippen LogP) is 3.97. The number of nitrogens with one attached hydrogen (secondary N) is 2. The Morgan fingerprint density at radius 3 is 2.33 bits per heavy atom. The van der Waals surface area contributed by atoms with Crippen molar-refractivity contribution in [2.24, 2.45) is 7.05 Å². The number of rotatable bonds is 4. The lowest BCUT2D eigenvalue weighted by Gasteiger charge is -2.15. The Bertz CT molecular complexity index is 812. The van der Waals surface area contributed by atoms with E-state index in [0.717, 1.165) is 16.8 Å². The molecule has 0 aliphatic heterocycles. The molecule has 0 unspecified atom stereocenters. The zero-order valence-electron chi connectivity index (χ0n) is 13.7. The van der Waals surface area contributed by atoms with E-state index in [1.807, 2.05) is 74.6 Å². The van der Waals surface area contributed by atoms with Crippen LogP contribution in [0.2, 0.25) is 0 Å². The maximum absolute atomic E-state index is 12.3. The van der Waals surface area contributed by atoms with Crippen molar-refractivity contribution in [1.82, 2.24) is 15.1 Å². The van der Waals surface area contributed by atoms with E-state index in [-0.39, 0.29) is 12.1 Å². The van der Waals surface area contributed by atoms with Crippen LogP contribution >= 0.6 is 0 Å². The van der Waals surface area contributed by atoms with Crippen LogP contribution in [0, 0.1) is 0 Å². The van der Waals surface area contributed by atoms with Gasteiger partial charge in [-0.05, 0) is 12.5 Å². The van der Waals surface area contributed by atoms with Crippen molar-refractivity contribution in [2.45, 2.75) is 13.0 Å². The molecule has 0 aliphatic rings.